The largest absolute Gasteiger partial charge is 0.487 e. The van der Waals surface area contributed by atoms with Crippen LogP contribution < -0.4 is 4.74 Å². The number of ether oxygens (including phenoxy) is 1. The molecule has 0 aliphatic heterocycles. The van der Waals surface area contributed by atoms with E-state index < -0.39 is 0 Å². The summed E-state index contributed by atoms with van der Waals surface area (Å²) in [6, 6.07) is 12.0. The minimum Gasteiger partial charge on any atom is -0.487 e. The minimum absolute atomic E-state index is 0.176. The van der Waals surface area contributed by atoms with E-state index in [1.165, 1.54) is 6.07 Å². The summed E-state index contributed by atoms with van der Waals surface area (Å²) in [5, 5.41) is 0.543. The minimum atomic E-state index is -0.268. The quantitative estimate of drug-likeness (QED) is 0.786. The van der Waals surface area contributed by atoms with Gasteiger partial charge in [-0.3, -0.25) is 0 Å². The first kappa shape index (κ1) is 11.9. The lowest BCUT2D eigenvalue weighted by Gasteiger charge is -2.09. The highest BCUT2D eigenvalue weighted by molar-refractivity contribution is 6.32. The Balaban J connectivity index is 2.10. The van der Waals surface area contributed by atoms with Gasteiger partial charge in [-0.25, -0.2) is 4.39 Å². The van der Waals surface area contributed by atoms with Crippen LogP contribution in [-0.4, -0.2) is 0 Å². The van der Waals surface area contributed by atoms with Crippen LogP contribution in [0.3, 0.4) is 0 Å². The molecule has 0 saturated carbocycles. The van der Waals surface area contributed by atoms with Crippen molar-refractivity contribution in [3.63, 3.8) is 0 Å². The Morgan fingerprint density at radius 1 is 1.18 bits per heavy atom. The zero-order valence-electron chi connectivity index (χ0n) is 9.41. The molecule has 2 rings (SSSR count). The maximum absolute atomic E-state index is 13.3. The number of hydrogen-bond acceptors (Lipinski definition) is 1. The lowest BCUT2D eigenvalue weighted by Crippen LogP contribution is -1.98. The molecular formula is C14H12ClFO. The maximum atomic E-state index is 13.3. The summed E-state index contributed by atoms with van der Waals surface area (Å²) in [5.74, 6) is 0.302. The van der Waals surface area contributed by atoms with Crippen molar-refractivity contribution in [2.75, 3.05) is 0 Å². The van der Waals surface area contributed by atoms with E-state index in [-0.39, 0.29) is 12.4 Å². The fourth-order valence-corrected chi connectivity index (χ4v) is 1.78. The summed E-state index contributed by atoms with van der Waals surface area (Å²) >= 11 is 6.02. The molecule has 0 saturated heterocycles. The second kappa shape index (κ2) is 5.19. The van der Waals surface area contributed by atoms with Gasteiger partial charge >= 0.3 is 0 Å². The van der Waals surface area contributed by atoms with E-state index in [0.29, 0.717) is 16.3 Å². The average molecular weight is 251 g/mol. The summed E-state index contributed by atoms with van der Waals surface area (Å²) in [6.07, 6.45) is 0. The third-order valence-corrected chi connectivity index (χ3v) is 2.72. The van der Waals surface area contributed by atoms with E-state index in [4.69, 9.17) is 16.3 Å². The molecule has 0 spiro atoms. The standard InChI is InChI=1S/C14H12ClFO/c1-10-6-7-14(12(15)8-10)17-9-11-4-2-3-5-13(11)16/h2-8H,9H2,1H3. The molecule has 0 unspecified atom stereocenters. The topological polar surface area (TPSA) is 9.23 Å². The molecule has 0 aliphatic carbocycles. The molecule has 88 valence electrons. The van der Waals surface area contributed by atoms with E-state index in [1.54, 1.807) is 24.3 Å². The first-order chi connectivity index (χ1) is 8.16. The first-order valence-electron chi connectivity index (χ1n) is 5.29. The van der Waals surface area contributed by atoms with Gasteiger partial charge in [0, 0.05) is 5.56 Å². The summed E-state index contributed by atoms with van der Waals surface area (Å²) < 4.78 is 18.8. The Morgan fingerprint density at radius 2 is 1.94 bits per heavy atom. The predicted molar refractivity (Wildman–Crippen MR) is 66.9 cm³/mol. The SMILES string of the molecule is Cc1ccc(OCc2ccccc2F)c(Cl)c1. The highest BCUT2D eigenvalue weighted by Gasteiger charge is 2.04. The van der Waals surface area contributed by atoms with Gasteiger partial charge in [-0.1, -0.05) is 35.9 Å². The molecule has 0 amide bonds. The smallest absolute Gasteiger partial charge is 0.138 e. The zero-order chi connectivity index (χ0) is 12.3. The average Bonchev–Trinajstić information content (AvgIpc) is 2.30. The van der Waals surface area contributed by atoms with E-state index >= 15 is 0 Å². The molecule has 0 radical (unpaired) electrons. The van der Waals surface area contributed by atoms with Gasteiger partial charge in [0.2, 0.25) is 0 Å². The van der Waals surface area contributed by atoms with Crippen LogP contribution in [0.25, 0.3) is 0 Å². The van der Waals surface area contributed by atoms with Crippen molar-refractivity contribution in [2.45, 2.75) is 13.5 Å². The second-order valence-electron chi connectivity index (χ2n) is 3.81. The van der Waals surface area contributed by atoms with Crippen LogP contribution in [0.5, 0.6) is 5.75 Å². The van der Waals surface area contributed by atoms with Gasteiger partial charge in [-0.2, -0.15) is 0 Å². The van der Waals surface area contributed by atoms with Gasteiger partial charge in [-0.05, 0) is 30.7 Å². The Labute approximate surface area is 105 Å². The predicted octanol–water partition coefficient (Wildman–Crippen LogP) is 4.37. The molecule has 3 heteroatoms. The Bertz CT molecular complexity index is 525. The molecule has 1 nitrogen and oxygen atoms in total. The fourth-order valence-electron chi connectivity index (χ4n) is 1.49. The molecule has 0 N–H and O–H groups in total. The van der Waals surface area contributed by atoms with E-state index in [9.17, 15) is 4.39 Å². The third-order valence-electron chi connectivity index (χ3n) is 2.43. The van der Waals surface area contributed by atoms with E-state index in [0.717, 1.165) is 5.56 Å². The van der Waals surface area contributed by atoms with Crippen LogP contribution >= 0.6 is 11.6 Å². The van der Waals surface area contributed by atoms with Crippen LogP contribution in [-0.2, 0) is 6.61 Å². The van der Waals surface area contributed by atoms with Crippen molar-refractivity contribution in [2.24, 2.45) is 0 Å². The van der Waals surface area contributed by atoms with Gasteiger partial charge in [0.25, 0.3) is 0 Å². The Kier molecular flexibility index (Phi) is 3.64. The third kappa shape index (κ3) is 2.98. The van der Waals surface area contributed by atoms with Crippen molar-refractivity contribution in [3.05, 3.63) is 64.4 Å². The van der Waals surface area contributed by atoms with Crippen molar-refractivity contribution in [1.29, 1.82) is 0 Å². The molecule has 0 heterocycles. The van der Waals surface area contributed by atoms with Gasteiger partial charge in [0.1, 0.15) is 18.2 Å². The fraction of sp³-hybridized carbons (Fsp3) is 0.143. The van der Waals surface area contributed by atoms with Crippen LogP contribution in [0.15, 0.2) is 42.5 Å². The van der Waals surface area contributed by atoms with Crippen molar-refractivity contribution in [3.8, 4) is 5.75 Å². The van der Waals surface area contributed by atoms with Crippen LogP contribution in [0.1, 0.15) is 11.1 Å². The van der Waals surface area contributed by atoms with E-state index in [1.807, 2.05) is 19.1 Å². The highest BCUT2D eigenvalue weighted by Crippen LogP contribution is 2.26. The van der Waals surface area contributed by atoms with Gasteiger partial charge < -0.3 is 4.74 Å². The van der Waals surface area contributed by atoms with Crippen LogP contribution in [0.2, 0.25) is 5.02 Å². The zero-order valence-corrected chi connectivity index (χ0v) is 10.2. The highest BCUT2D eigenvalue weighted by atomic mass is 35.5. The van der Waals surface area contributed by atoms with Crippen LogP contribution in [0.4, 0.5) is 4.39 Å². The maximum Gasteiger partial charge on any atom is 0.138 e. The molecular weight excluding hydrogens is 239 g/mol. The summed E-state index contributed by atoms with van der Waals surface area (Å²) in [6.45, 7) is 2.13. The lowest BCUT2D eigenvalue weighted by molar-refractivity contribution is 0.300. The van der Waals surface area contributed by atoms with Gasteiger partial charge in [0.15, 0.2) is 0 Å². The summed E-state index contributed by atoms with van der Waals surface area (Å²) in [5.41, 5.74) is 1.58. The molecule has 0 atom stereocenters. The van der Waals surface area contributed by atoms with Crippen molar-refractivity contribution in [1.82, 2.24) is 0 Å². The molecule has 0 aliphatic rings. The molecule has 2 aromatic rings. The normalized spacial score (nSPS) is 10.3. The molecule has 2 aromatic carbocycles. The Morgan fingerprint density at radius 3 is 2.65 bits per heavy atom. The van der Waals surface area contributed by atoms with Gasteiger partial charge in [0.05, 0.1) is 5.02 Å². The van der Waals surface area contributed by atoms with E-state index in [2.05, 4.69) is 0 Å². The number of aryl methyl sites for hydroxylation is 1. The molecule has 0 bridgehead atoms. The molecule has 17 heavy (non-hydrogen) atoms. The van der Waals surface area contributed by atoms with Crippen molar-refractivity contribution >= 4 is 11.6 Å². The summed E-state index contributed by atoms with van der Waals surface area (Å²) in [4.78, 5) is 0. The number of halogens is 2. The monoisotopic (exact) mass is 250 g/mol. The summed E-state index contributed by atoms with van der Waals surface area (Å²) in [7, 11) is 0. The first-order valence-corrected chi connectivity index (χ1v) is 5.67. The molecule has 0 aromatic heterocycles. The second-order valence-corrected chi connectivity index (χ2v) is 4.22. The Hall–Kier alpha value is -1.54. The number of benzene rings is 2. The lowest BCUT2D eigenvalue weighted by atomic mass is 10.2. The van der Waals surface area contributed by atoms with Gasteiger partial charge in [-0.15, -0.1) is 0 Å². The number of hydrogen-bond donors (Lipinski definition) is 0. The molecule has 0 fully saturated rings. The van der Waals surface area contributed by atoms with Crippen molar-refractivity contribution < 1.29 is 9.13 Å². The number of rotatable bonds is 3. The van der Waals surface area contributed by atoms with Crippen LogP contribution in [0, 0.1) is 12.7 Å².